The van der Waals surface area contributed by atoms with Crippen LogP contribution in [0.3, 0.4) is 0 Å². The molecule has 1 fully saturated rings. The van der Waals surface area contributed by atoms with Crippen molar-refractivity contribution in [1.82, 2.24) is 5.32 Å². The molecule has 1 aliphatic heterocycles. The molecule has 1 aliphatic rings. The van der Waals surface area contributed by atoms with Crippen LogP contribution in [0.5, 0.6) is 5.75 Å². The minimum atomic E-state index is 0.169. The molecule has 1 saturated heterocycles. The van der Waals surface area contributed by atoms with Gasteiger partial charge in [-0.15, -0.1) is 0 Å². The molecular formula is C14H21NO2. The van der Waals surface area contributed by atoms with E-state index >= 15 is 0 Å². The normalized spacial score (nSPS) is 24.6. The van der Waals surface area contributed by atoms with Crippen molar-refractivity contribution in [3.05, 3.63) is 29.3 Å². The Kier molecular flexibility index (Phi) is 4.02. The number of ether oxygens (including phenoxy) is 2. The summed E-state index contributed by atoms with van der Waals surface area (Å²) in [5.41, 5.74) is 2.48. The predicted octanol–water partition coefficient (Wildman–Crippen LogP) is 2.31. The summed E-state index contributed by atoms with van der Waals surface area (Å²) in [6.45, 7) is 5.94. The Bertz CT molecular complexity index is 370. The summed E-state index contributed by atoms with van der Waals surface area (Å²) in [5, 5.41) is 3.44. The smallest absolute Gasteiger partial charge is 0.122 e. The van der Waals surface area contributed by atoms with Crippen molar-refractivity contribution in [3.8, 4) is 5.75 Å². The summed E-state index contributed by atoms with van der Waals surface area (Å²) in [5.74, 6) is 0.966. The molecule has 2 unspecified atom stereocenters. The molecule has 0 amide bonds. The van der Waals surface area contributed by atoms with E-state index in [9.17, 15) is 0 Å². The van der Waals surface area contributed by atoms with Crippen LogP contribution in [0.4, 0.5) is 0 Å². The molecule has 1 N–H and O–H groups in total. The average molecular weight is 235 g/mol. The zero-order chi connectivity index (χ0) is 12.3. The highest BCUT2D eigenvalue weighted by atomic mass is 16.5. The van der Waals surface area contributed by atoms with Crippen LogP contribution in [-0.4, -0.2) is 26.3 Å². The van der Waals surface area contributed by atoms with E-state index in [-0.39, 0.29) is 6.10 Å². The van der Waals surface area contributed by atoms with Crippen LogP contribution in [0, 0.1) is 0 Å². The Morgan fingerprint density at radius 2 is 2.29 bits per heavy atom. The Balaban J connectivity index is 2.16. The van der Waals surface area contributed by atoms with Gasteiger partial charge in [0.15, 0.2) is 0 Å². The first kappa shape index (κ1) is 12.4. The molecule has 2 rings (SSSR count). The Morgan fingerprint density at radius 3 is 2.88 bits per heavy atom. The lowest BCUT2D eigenvalue weighted by atomic mass is 10.0. The van der Waals surface area contributed by atoms with Crippen molar-refractivity contribution in [1.29, 1.82) is 0 Å². The summed E-state index contributed by atoms with van der Waals surface area (Å²) >= 11 is 0. The van der Waals surface area contributed by atoms with E-state index in [0.29, 0.717) is 6.04 Å². The van der Waals surface area contributed by atoms with E-state index in [2.05, 4.69) is 31.3 Å². The number of methoxy groups -OCH3 is 1. The number of aryl methyl sites for hydroxylation is 1. The molecule has 0 radical (unpaired) electrons. The van der Waals surface area contributed by atoms with Crippen molar-refractivity contribution < 1.29 is 9.47 Å². The minimum Gasteiger partial charge on any atom is -0.496 e. The quantitative estimate of drug-likeness (QED) is 0.872. The maximum absolute atomic E-state index is 5.85. The number of nitrogens with one attached hydrogen (secondary N) is 1. The second kappa shape index (κ2) is 5.52. The molecular weight excluding hydrogens is 214 g/mol. The second-order valence-electron chi connectivity index (χ2n) is 4.56. The maximum Gasteiger partial charge on any atom is 0.122 e. The summed E-state index contributed by atoms with van der Waals surface area (Å²) in [6, 6.07) is 6.78. The summed E-state index contributed by atoms with van der Waals surface area (Å²) in [6.07, 6.45) is 1.15. The lowest BCUT2D eigenvalue weighted by Gasteiger charge is -2.29. The standard InChI is InChI=1S/C14H21NO2/c1-4-11-7-12(5-6-13(11)16-3)14-8-15-10(2)9-17-14/h5-7,10,14-15H,4,8-9H2,1-3H3. The third kappa shape index (κ3) is 2.79. The van der Waals surface area contributed by atoms with E-state index in [0.717, 1.165) is 25.3 Å². The van der Waals surface area contributed by atoms with Crippen LogP contribution >= 0.6 is 0 Å². The summed E-state index contributed by atoms with van der Waals surface area (Å²) in [7, 11) is 1.72. The zero-order valence-electron chi connectivity index (χ0n) is 10.8. The van der Waals surface area contributed by atoms with Crippen LogP contribution in [0.1, 0.15) is 31.1 Å². The van der Waals surface area contributed by atoms with Gasteiger partial charge < -0.3 is 14.8 Å². The molecule has 3 heteroatoms. The molecule has 1 heterocycles. The number of hydrogen-bond acceptors (Lipinski definition) is 3. The van der Waals surface area contributed by atoms with Gasteiger partial charge in [0.05, 0.1) is 19.8 Å². The predicted molar refractivity (Wildman–Crippen MR) is 68.5 cm³/mol. The van der Waals surface area contributed by atoms with Gasteiger partial charge in [-0.1, -0.05) is 13.0 Å². The Morgan fingerprint density at radius 1 is 1.47 bits per heavy atom. The van der Waals surface area contributed by atoms with E-state index in [1.807, 2.05) is 6.07 Å². The first-order chi connectivity index (χ1) is 8.24. The third-order valence-corrected chi connectivity index (χ3v) is 3.26. The summed E-state index contributed by atoms with van der Waals surface area (Å²) in [4.78, 5) is 0. The Hall–Kier alpha value is -1.06. The monoisotopic (exact) mass is 235 g/mol. The highest BCUT2D eigenvalue weighted by Crippen LogP contribution is 2.26. The van der Waals surface area contributed by atoms with Crippen molar-refractivity contribution in [2.45, 2.75) is 32.4 Å². The van der Waals surface area contributed by atoms with E-state index < -0.39 is 0 Å². The van der Waals surface area contributed by atoms with Crippen LogP contribution in [0.15, 0.2) is 18.2 Å². The van der Waals surface area contributed by atoms with Crippen LogP contribution in [-0.2, 0) is 11.2 Å². The number of morpholine rings is 1. The molecule has 1 aromatic rings. The van der Waals surface area contributed by atoms with Gasteiger partial charge in [-0.05, 0) is 36.6 Å². The molecule has 0 saturated carbocycles. The Labute approximate surface area is 103 Å². The molecule has 0 spiro atoms. The molecule has 1 aromatic carbocycles. The molecule has 0 aliphatic carbocycles. The van der Waals surface area contributed by atoms with Gasteiger partial charge in [0.1, 0.15) is 5.75 Å². The molecule has 2 atom stereocenters. The zero-order valence-corrected chi connectivity index (χ0v) is 10.8. The van der Waals surface area contributed by atoms with Crippen molar-refractivity contribution in [3.63, 3.8) is 0 Å². The van der Waals surface area contributed by atoms with Gasteiger partial charge in [-0.25, -0.2) is 0 Å². The fourth-order valence-electron chi connectivity index (χ4n) is 2.18. The molecule has 94 valence electrons. The lowest BCUT2D eigenvalue weighted by Crippen LogP contribution is -2.40. The first-order valence-electron chi connectivity index (χ1n) is 6.26. The molecule has 0 bridgehead atoms. The SMILES string of the molecule is CCc1cc(C2CNC(C)CO2)ccc1OC. The van der Waals surface area contributed by atoms with Gasteiger partial charge >= 0.3 is 0 Å². The number of hydrogen-bond donors (Lipinski definition) is 1. The van der Waals surface area contributed by atoms with Crippen LogP contribution in [0.2, 0.25) is 0 Å². The van der Waals surface area contributed by atoms with Crippen LogP contribution < -0.4 is 10.1 Å². The van der Waals surface area contributed by atoms with E-state index in [1.54, 1.807) is 7.11 Å². The van der Waals surface area contributed by atoms with Crippen molar-refractivity contribution in [2.24, 2.45) is 0 Å². The van der Waals surface area contributed by atoms with Crippen molar-refractivity contribution in [2.75, 3.05) is 20.3 Å². The third-order valence-electron chi connectivity index (χ3n) is 3.26. The fourth-order valence-corrected chi connectivity index (χ4v) is 2.18. The van der Waals surface area contributed by atoms with E-state index in [4.69, 9.17) is 9.47 Å². The van der Waals surface area contributed by atoms with Crippen LogP contribution in [0.25, 0.3) is 0 Å². The largest absolute Gasteiger partial charge is 0.496 e. The highest BCUT2D eigenvalue weighted by molar-refractivity contribution is 5.38. The van der Waals surface area contributed by atoms with Crippen molar-refractivity contribution >= 4 is 0 Å². The van der Waals surface area contributed by atoms with Gasteiger partial charge in [0.2, 0.25) is 0 Å². The molecule has 0 aromatic heterocycles. The highest BCUT2D eigenvalue weighted by Gasteiger charge is 2.20. The first-order valence-corrected chi connectivity index (χ1v) is 6.26. The fraction of sp³-hybridized carbons (Fsp3) is 0.571. The number of rotatable bonds is 3. The topological polar surface area (TPSA) is 30.5 Å². The number of benzene rings is 1. The molecule has 17 heavy (non-hydrogen) atoms. The van der Waals surface area contributed by atoms with E-state index in [1.165, 1.54) is 11.1 Å². The maximum atomic E-state index is 5.85. The summed E-state index contributed by atoms with van der Waals surface area (Å²) < 4.78 is 11.2. The average Bonchev–Trinajstić information content (AvgIpc) is 2.39. The lowest BCUT2D eigenvalue weighted by molar-refractivity contribution is 0.00689. The minimum absolute atomic E-state index is 0.169. The molecule has 3 nitrogen and oxygen atoms in total. The second-order valence-corrected chi connectivity index (χ2v) is 4.56. The van der Waals surface area contributed by atoms with Gasteiger partial charge in [0, 0.05) is 12.6 Å². The van der Waals surface area contributed by atoms with Gasteiger partial charge in [0.25, 0.3) is 0 Å². The van der Waals surface area contributed by atoms with Gasteiger partial charge in [-0.3, -0.25) is 0 Å². The van der Waals surface area contributed by atoms with Gasteiger partial charge in [-0.2, -0.15) is 0 Å².